The zero-order chi connectivity index (χ0) is 20.8. The summed E-state index contributed by atoms with van der Waals surface area (Å²) < 4.78 is 5.83. The fourth-order valence-corrected chi connectivity index (χ4v) is 3.94. The number of nitrogens with zero attached hydrogens (tertiary/aromatic N) is 1. The maximum Gasteiger partial charge on any atom is 0.253 e. The number of H-pyrrole nitrogens is 1. The Bertz CT molecular complexity index is 890. The van der Waals surface area contributed by atoms with Gasteiger partial charge >= 0.3 is 0 Å². The van der Waals surface area contributed by atoms with Crippen molar-refractivity contribution >= 4 is 28.2 Å². The normalized spacial score (nSPS) is 16.5. The molecule has 1 saturated heterocycles. The van der Waals surface area contributed by atoms with Gasteiger partial charge in [0.1, 0.15) is 0 Å². The van der Waals surface area contributed by atoms with Crippen LogP contribution >= 0.6 is 12.2 Å². The van der Waals surface area contributed by atoms with Gasteiger partial charge in [0.05, 0.1) is 33.3 Å². The van der Waals surface area contributed by atoms with Gasteiger partial charge < -0.3 is 24.8 Å². The second-order valence-corrected chi connectivity index (χ2v) is 8.66. The Labute approximate surface area is 178 Å². The molecule has 0 amide bonds. The molecule has 3 N–H and O–H groups in total. The topological polar surface area (TPSA) is 61.8 Å². The second kappa shape index (κ2) is 10.2. The predicted octanol–water partition coefficient (Wildman–Crippen LogP) is 1.23. The zero-order valence-corrected chi connectivity index (χ0v) is 18.5. The molecular weight excluding hydrogens is 384 g/mol. The van der Waals surface area contributed by atoms with Crippen LogP contribution in [0.25, 0.3) is 10.9 Å². The molecule has 158 valence electrons. The lowest BCUT2D eigenvalue weighted by atomic mass is 10.1. The minimum Gasteiger partial charge on any atom is -0.376 e. The Kier molecular flexibility index (Phi) is 7.64. The molecule has 1 aliphatic heterocycles. The molecule has 1 aromatic carbocycles. The number of ether oxygens (including phenoxy) is 1. The van der Waals surface area contributed by atoms with E-state index in [1.165, 1.54) is 10.5 Å². The summed E-state index contributed by atoms with van der Waals surface area (Å²) in [5.74, 6) is 0. The van der Waals surface area contributed by atoms with Crippen molar-refractivity contribution in [2.45, 2.75) is 38.8 Å². The molecule has 6 nitrogen and oxygen atoms in total. The summed E-state index contributed by atoms with van der Waals surface area (Å²) in [6, 6.07) is 8.05. The minimum absolute atomic E-state index is 0.0577. The molecule has 0 spiro atoms. The van der Waals surface area contributed by atoms with E-state index < -0.39 is 0 Å². The Morgan fingerprint density at radius 2 is 2.21 bits per heavy atom. The van der Waals surface area contributed by atoms with Crippen molar-refractivity contribution in [2.24, 2.45) is 0 Å². The van der Waals surface area contributed by atoms with E-state index >= 15 is 0 Å². The van der Waals surface area contributed by atoms with Gasteiger partial charge in [-0.15, -0.1) is 0 Å². The maximum atomic E-state index is 12.7. The standard InChI is InChI=1S/C22H32N4O2S/c1-16-7-8-20-17(12-16)13-18(21(27)24-20)14-26(15-19-6-4-11-28-19)22(29)23-9-5-10-25(2)3/h7-8,12-13,19H,4-6,9-11,14-15H2,1-3H3,(H,23,29)(H,24,27)/p+1/t19-/m1/s1. The van der Waals surface area contributed by atoms with Crippen LogP contribution in [0, 0.1) is 6.92 Å². The molecule has 7 heteroatoms. The van der Waals surface area contributed by atoms with Gasteiger partial charge in [0, 0.05) is 37.2 Å². The number of benzene rings is 1. The third-order valence-corrected chi connectivity index (χ3v) is 5.71. The van der Waals surface area contributed by atoms with Crippen molar-refractivity contribution in [1.29, 1.82) is 0 Å². The van der Waals surface area contributed by atoms with Crippen LogP contribution in [0.15, 0.2) is 29.1 Å². The Morgan fingerprint density at radius 3 is 2.93 bits per heavy atom. The molecule has 1 fully saturated rings. The van der Waals surface area contributed by atoms with Gasteiger partial charge in [-0.25, -0.2) is 0 Å². The Balaban J connectivity index is 1.74. The molecule has 1 aromatic heterocycles. The molecular formula is C22H33N4O2S+. The summed E-state index contributed by atoms with van der Waals surface area (Å²) >= 11 is 5.69. The fraction of sp³-hybridized carbons (Fsp3) is 0.545. The predicted molar refractivity (Wildman–Crippen MR) is 122 cm³/mol. The van der Waals surface area contributed by atoms with E-state index in [2.05, 4.69) is 42.3 Å². The summed E-state index contributed by atoms with van der Waals surface area (Å²) in [5.41, 5.74) is 2.70. The van der Waals surface area contributed by atoms with Gasteiger partial charge in [-0.05, 0) is 55.6 Å². The average Bonchev–Trinajstić information content (AvgIpc) is 3.18. The molecule has 3 rings (SSSR count). The third-order valence-electron chi connectivity index (χ3n) is 5.30. The molecule has 1 atom stereocenters. The van der Waals surface area contributed by atoms with Gasteiger partial charge in [0.2, 0.25) is 0 Å². The molecule has 1 aliphatic rings. The number of pyridine rings is 1. The molecule has 2 heterocycles. The number of quaternary nitrogens is 1. The van der Waals surface area contributed by atoms with Crippen LogP contribution < -0.4 is 15.8 Å². The number of fused-ring (bicyclic) bond motifs is 1. The molecule has 2 aromatic rings. The summed E-state index contributed by atoms with van der Waals surface area (Å²) in [5, 5.41) is 5.11. The van der Waals surface area contributed by atoms with Gasteiger partial charge in [-0.2, -0.15) is 0 Å². The van der Waals surface area contributed by atoms with E-state index in [0.29, 0.717) is 18.2 Å². The van der Waals surface area contributed by atoms with Crippen molar-refractivity contribution in [3.05, 3.63) is 45.7 Å². The molecule has 0 unspecified atom stereocenters. The molecule has 0 saturated carbocycles. The maximum absolute atomic E-state index is 12.7. The van der Waals surface area contributed by atoms with E-state index in [1.54, 1.807) is 0 Å². The highest BCUT2D eigenvalue weighted by atomic mass is 32.1. The summed E-state index contributed by atoms with van der Waals surface area (Å²) in [7, 11) is 4.30. The average molecular weight is 418 g/mol. The van der Waals surface area contributed by atoms with E-state index in [4.69, 9.17) is 17.0 Å². The van der Waals surface area contributed by atoms with Crippen LogP contribution in [0.1, 0.15) is 30.4 Å². The third kappa shape index (κ3) is 6.26. The van der Waals surface area contributed by atoms with Crippen molar-refractivity contribution in [1.82, 2.24) is 15.2 Å². The van der Waals surface area contributed by atoms with Crippen LogP contribution in [-0.4, -0.2) is 61.4 Å². The number of aromatic nitrogens is 1. The van der Waals surface area contributed by atoms with Gasteiger partial charge in [-0.1, -0.05) is 11.6 Å². The van der Waals surface area contributed by atoms with E-state index in [1.807, 2.05) is 18.2 Å². The first-order valence-electron chi connectivity index (χ1n) is 10.5. The molecule has 0 radical (unpaired) electrons. The first kappa shape index (κ1) is 21.7. The highest BCUT2D eigenvalue weighted by Gasteiger charge is 2.22. The number of thiocarbonyl (C=S) groups is 1. The van der Waals surface area contributed by atoms with Gasteiger partial charge in [0.25, 0.3) is 5.56 Å². The lowest BCUT2D eigenvalue weighted by molar-refractivity contribution is -0.858. The number of aryl methyl sites for hydroxylation is 1. The minimum atomic E-state index is -0.0577. The van der Waals surface area contributed by atoms with Crippen LogP contribution in [0.5, 0.6) is 0 Å². The summed E-state index contributed by atoms with van der Waals surface area (Å²) in [4.78, 5) is 19.2. The zero-order valence-electron chi connectivity index (χ0n) is 17.7. The largest absolute Gasteiger partial charge is 0.376 e. The first-order chi connectivity index (χ1) is 13.9. The number of aromatic amines is 1. The quantitative estimate of drug-likeness (QED) is 0.445. The number of nitrogens with one attached hydrogen (secondary N) is 3. The number of hydrogen-bond donors (Lipinski definition) is 3. The van der Waals surface area contributed by atoms with Crippen molar-refractivity contribution < 1.29 is 9.64 Å². The van der Waals surface area contributed by atoms with Gasteiger partial charge in [0.15, 0.2) is 5.11 Å². The monoisotopic (exact) mass is 417 g/mol. The second-order valence-electron chi connectivity index (χ2n) is 8.27. The van der Waals surface area contributed by atoms with Crippen molar-refractivity contribution in [3.8, 4) is 0 Å². The SMILES string of the molecule is Cc1ccc2[nH]c(=O)c(CN(C[C@H]3CCCO3)C(=S)NCCC[NH+](C)C)cc2c1. The van der Waals surface area contributed by atoms with E-state index in [0.717, 1.165) is 55.4 Å². The lowest BCUT2D eigenvalue weighted by Crippen LogP contribution is -3.05. The number of hydrogen-bond acceptors (Lipinski definition) is 3. The number of rotatable bonds is 8. The fourth-order valence-electron chi connectivity index (χ4n) is 3.70. The van der Waals surface area contributed by atoms with Crippen molar-refractivity contribution in [2.75, 3.05) is 40.3 Å². The molecule has 0 bridgehead atoms. The summed E-state index contributed by atoms with van der Waals surface area (Å²) in [6.45, 7) is 5.97. The van der Waals surface area contributed by atoms with Crippen LogP contribution in [0.3, 0.4) is 0 Å². The molecule has 0 aliphatic carbocycles. The summed E-state index contributed by atoms with van der Waals surface area (Å²) in [6.07, 6.45) is 3.34. The lowest BCUT2D eigenvalue weighted by Gasteiger charge is -2.28. The first-order valence-corrected chi connectivity index (χ1v) is 10.9. The van der Waals surface area contributed by atoms with E-state index in [-0.39, 0.29) is 11.7 Å². The van der Waals surface area contributed by atoms with Crippen molar-refractivity contribution in [3.63, 3.8) is 0 Å². The Hall–Kier alpha value is -1.96. The van der Waals surface area contributed by atoms with Crippen LogP contribution in [-0.2, 0) is 11.3 Å². The highest BCUT2D eigenvalue weighted by Crippen LogP contribution is 2.17. The smallest absolute Gasteiger partial charge is 0.253 e. The van der Waals surface area contributed by atoms with Gasteiger partial charge in [-0.3, -0.25) is 4.79 Å². The van der Waals surface area contributed by atoms with E-state index in [9.17, 15) is 4.79 Å². The van der Waals surface area contributed by atoms with Crippen LogP contribution in [0.4, 0.5) is 0 Å². The Morgan fingerprint density at radius 1 is 1.38 bits per heavy atom. The van der Waals surface area contributed by atoms with Crippen LogP contribution in [0.2, 0.25) is 0 Å². The molecule has 29 heavy (non-hydrogen) atoms. The highest BCUT2D eigenvalue weighted by molar-refractivity contribution is 7.80.